The number of piperidine rings is 2. The van der Waals surface area contributed by atoms with E-state index in [1.54, 1.807) is 77.7 Å². The van der Waals surface area contributed by atoms with Crippen molar-refractivity contribution in [1.29, 1.82) is 0 Å². The standard InChI is InChI=1S/C24H24ClN7O3.C21H22ClN7O2.C3H3ClO/c1-2-19(33)31-12-4-3-5-17(31)23-30-20(21(22(26)34)32(23)27)14-6-8-15(9-7-14)24(35)29-18-11-10-16(25)13-28-18;22-14-8-9-16(26-11-14)27-21(31)13-6-4-12(5-7-13)17-18(19(23)30)29(24)20(28-17)15-3-1-2-10-25-15;1-2-3(4)5/h2,6-11,13,17H,1,3-5,12,27H2,(H2,26,34)(H,28,29,35);4-9,11,15,25H,1-3,10,24H2,(H2,23,30)(H,26,27,31);2H,1H2/t17-;15-;/m00./s1. The van der Waals surface area contributed by atoms with Gasteiger partial charge in [0.05, 0.1) is 22.1 Å². The van der Waals surface area contributed by atoms with E-state index < -0.39 is 23.1 Å². The number of aromatic nitrogens is 6. The topological polar surface area (TPSA) is 307 Å². The van der Waals surface area contributed by atoms with Crippen LogP contribution in [0.25, 0.3) is 22.5 Å². The van der Waals surface area contributed by atoms with Crippen LogP contribution in [0.4, 0.5) is 11.6 Å². The third-order valence-corrected chi connectivity index (χ3v) is 11.8. The van der Waals surface area contributed by atoms with Gasteiger partial charge < -0.3 is 44.0 Å². The summed E-state index contributed by atoms with van der Waals surface area (Å²) in [5, 5.41) is 9.19. The fraction of sp³-hybridized carbons (Fsp3) is 0.208. The fourth-order valence-electron chi connectivity index (χ4n) is 7.74. The highest BCUT2D eigenvalue weighted by Gasteiger charge is 2.33. The monoisotopic (exact) mass is 1020 g/mol. The molecule has 2 saturated heterocycles. The number of anilines is 2. The van der Waals surface area contributed by atoms with Gasteiger partial charge in [0.25, 0.3) is 23.6 Å². The molecule has 368 valence electrons. The summed E-state index contributed by atoms with van der Waals surface area (Å²) in [6.07, 6.45) is 10.6. The molecule has 6 aromatic rings. The molecule has 0 unspecified atom stereocenters. The molecule has 4 aromatic heterocycles. The number of hydrogen-bond acceptors (Lipinski definition) is 13. The lowest BCUT2D eigenvalue weighted by Gasteiger charge is -2.34. The molecule has 2 aromatic carbocycles. The number of hydrogen-bond donors (Lipinski definition) is 7. The molecule has 0 spiro atoms. The van der Waals surface area contributed by atoms with E-state index >= 15 is 0 Å². The Morgan fingerprint density at radius 1 is 0.648 bits per heavy atom. The number of primary amides is 2. The number of imidazole rings is 2. The maximum atomic E-state index is 12.6. The number of benzene rings is 2. The summed E-state index contributed by atoms with van der Waals surface area (Å²) >= 11 is 16.3. The van der Waals surface area contributed by atoms with Gasteiger partial charge in [-0.05, 0) is 111 Å². The first-order chi connectivity index (χ1) is 34.0. The van der Waals surface area contributed by atoms with Gasteiger partial charge in [0.1, 0.15) is 28.8 Å². The largest absolute Gasteiger partial charge is 0.364 e. The summed E-state index contributed by atoms with van der Waals surface area (Å²) in [6, 6.07) is 19.2. The van der Waals surface area contributed by atoms with Crippen molar-refractivity contribution >= 4 is 81.2 Å². The first-order valence-corrected chi connectivity index (χ1v) is 23.0. The highest BCUT2D eigenvalue weighted by molar-refractivity contribution is 6.66. The zero-order valence-electron chi connectivity index (χ0n) is 38.0. The molecule has 0 radical (unpaired) electrons. The van der Waals surface area contributed by atoms with E-state index in [1.807, 2.05) is 0 Å². The van der Waals surface area contributed by atoms with Crippen LogP contribution < -0.4 is 39.1 Å². The van der Waals surface area contributed by atoms with Crippen molar-refractivity contribution in [2.24, 2.45) is 11.5 Å². The highest BCUT2D eigenvalue weighted by Crippen LogP contribution is 2.34. The lowest BCUT2D eigenvalue weighted by molar-refractivity contribution is -0.130. The van der Waals surface area contributed by atoms with Gasteiger partial charge in [-0.2, -0.15) is 0 Å². The summed E-state index contributed by atoms with van der Waals surface area (Å²) in [4.78, 5) is 90.3. The predicted molar refractivity (Wildman–Crippen MR) is 271 cm³/mol. The molecule has 0 saturated carbocycles. The smallest absolute Gasteiger partial charge is 0.269 e. The minimum absolute atomic E-state index is 0.0131. The minimum Gasteiger partial charge on any atom is -0.364 e. The van der Waals surface area contributed by atoms with Crippen molar-refractivity contribution in [3.8, 4) is 22.5 Å². The van der Waals surface area contributed by atoms with Gasteiger partial charge in [-0.1, -0.05) is 67.0 Å². The van der Waals surface area contributed by atoms with E-state index in [4.69, 9.17) is 58.0 Å². The number of nitrogens with zero attached hydrogens (tertiary/aromatic N) is 7. The van der Waals surface area contributed by atoms with Crippen molar-refractivity contribution in [1.82, 2.24) is 39.5 Å². The van der Waals surface area contributed by atoms with Crippen LogP contribution in [0.2, 0.25) is 10.0 Å². The molecule has 8 rings (SSSR count). The van der Waals surface area contributed by atoms with Gasteiger partial charge in [0, 0.05) is 41.2 Å². The van der Waals surface area contributed by atoms with E-state index in [1.165, 1.54) is 23.1 Å². The molecule has 20 nitrogen and oxygen atoms in total. The number of nitrogens with two attached hydrogens (primary N) is 4. The summed E-state index contributed by atoms with van der Waals surface area (Å²) in [7, 11) is 0. The van der Waals surface area contributed by atoms with Crippen LogP contribution in [-0.2, 0) is 9.59 Å². The average molecular weight is 1020 g/mol. The van der Waals surface area contributed by atoms with Gasteiger partial charge in [-0.3, -0.25) is 28.8 Å². The lowest BCUT2D eigenvalue weighted by Crippen LogP contribution is -2.39. The van der Waals surface area contributed by atoms with Crippen LogP contribution in [-0.4, -0.2) is 82.1 Å². The van der Waals surface area contributed by atoms with Crippen LogP contribution in [0, 0.1) is 0 Å². The van der Waals surface area contributed by atoms with E-state index in [9.17, 15) is 28.8 Å². The van der Waals surface area contributed by atoms with Gasteiger partial charge in [-0.15, -0.1) is 0 Å². The zero-order valence-corrected chi connectivity index (χ0v) is 40.3. The summed E-state index contributed by atoms with van der Waals surface area (Å²) < 4.78 is 2.43. The SMILES string of the molecule is C=CC(=O)Cl.C=CC(=O)N1CCCC[C@H]1c1nc(-c2ccc(C(=O)Nc3ccc(Cl)cn3)cc2)c(C(N)=O)n1N.NC(=O)c1c(-c2ccc(C(=O)Nc3ccc(Cl)cn3)cc2)nc([C@@H]2CCCCN2)n1N. The first kappa shape index (κ1) is 52.5. The minimum atomic E-state index is -0.755. The Hall–Kier alpha value is -7.91. The molecule has 0 bridgehead atoms. The molecule has 11 N–H and O–H groups in total. The molecule has 2 fully saturated rings. The number of carbonyl (C=O) groups excluding carboxylic acids is 6. The molecule has 2 atom stereocenters. The van der Waals surface area contributed by atoms with Crippen LogP contribution in [0.5, 0.6) is 0 Å². The highest BCUT2D eigenvalue weighted by atomic mass is 35.5. The number of carbonyl (C=O) groups is 6. The van der Waals surface area contributed by atoms with Crippen LogP contribution in [0.1, 0.15) is 104 Å². The number of likely N-dealkylation sites (tertiary alicyclic amines) is 1. The fourth-order valence-corrected chi connectivity index (χ4v) is 7.97. The second-order valence-electron chi connectivity index (χ2n) is 15.8. The van der Waals surface area contributed by atoms with Crippen LogP contribution in [0.3, 0.4) is 0 Å². The van der Waals surface area contributed by atoms with Gasteiger partial charge >= 0.3 is 0 Å². The molecular formula is C48H49Cl3N14O6. The Balaban J connectivity index is 0.000000213. The normalized spacial score (nSPS) is 15.1. The Morgan fingerprint density at radius 3 is 1.52 bits per heavy atom. The van der Waals surface area contributed by atoms with Crippen molar-refractivity contribution in [3.63, 3.8) is 0 Å². The molecule has 2 aliphatic rings. The predicted octanol–water partition coefficient (Wildman–Crippen LogP) is 6.32. The quantitative estimate of drug-likeness (QED) is 0.0402. The number of nitrogens with one attached hydrogen (secondary N) is 3. The van der Waals surface area contributed by atoms with E-state index in [2.05, 4.69) is 49.0 Å². The van der Waals surface area contributed by atoms with Crippen molar-refractivity contribution in [2.45, 2.75) is 50.6 Å². The van der Waals surface area contributed by atoms with Crippen molar-refractivity contribution in [3.05, 3.63) is 155 Å². The molecule has 0 aliphatic carbocycles. The molecule has 23 heteroatoms. The number of allylic oxidation sites excluding steroid dienone is 1. The second kappa shape index (κ2) is 24.1. The maximum absolute atomic E-state index is 12.6. The van der Waals surface area contributed by atoms with Crippen molar-refractivity contribution < 1.29 is 28.8 Å². The van der Waals surface area contributed by atoms with E-state index in [-0.39, 0.29) is 40.8 Å². The first-order valence-electron chi connectivity index (χ1n) is 21.9. The lowest BCUT2D eigenvalue weighted by atomic mass is 10.0. The number of pyridine rings is 2. The number of amides is 5. The Kier molecular flexibility index (Phi) is 17.8. The van der Waals surface area contributed by atoms with Crippen molar-refractivity contribution in [2.75, 3.05) is 35.4 Å². The van der Waals surface area contributed by atoms with Crippen LogP contribution in [0.15, 0.2) is 111 Å². The van der Waals surface area contributed by atoms with E-state index in [0.717, 1.165) is 49.4 Å². The van der Waals surface area contributed by atoms with E-state index in [0.29, 0.717) is 74.2 Å². The molecular weight excluding hydrogens is 975 g/mol. The third kappa shape index (κ3) is 13.0. The summed E-state index contributed by atoms with van der Waals surface area (Å²) in [6.45, 7) is 8.05. The van der Waals surface area contributed by atoms with Crippen LogP contribution >= 0.6 is 34.8 Å². The number of nitrogen functional groups attached to an aromatic ring is 2. The second-order valence-corrected chi connectivity index (χ2v) is 17.1. The zero-order chi connectivity index (χ0) is 51.4. The Morgan fingerprint density at radius 2 is 1.11 bits per heavy atom. The Labute approximate surface area is 422 Å². The number of halogens is 3. The summed E-state index contributed by atoms with van der Waals surface area (Å²) in [5.41, 5.74) is 14.0. The molecule has 71 heavy (non-hydrogen) atoms. The maximum Gasteiger partial charge on any atom is 0.269 e. The Bertz CT molecular complexity index is 2940. The molecule has 2 aliphatic heterocycles. The molecule has 6 heterocycles. The average Bonchev–Trinajstić information content (AvgIpc) is 3.92. The number of rotatable bonds is 12. The molecule has 5 amide bonds. The van der Waals surface area contributed by atoms with Gasteiger partial charge in [-0.25, -0.2) is 29.3 Å². The third-order valence-electron chi connectivity index (χ3n) is 11.2. The summed E-state index contributed by atoms with van der Waals surface area (Å²) in [5.74, 6) is 11.8. The van der Waals surface area contributed by atoms with Gasteiger partial charge in [0.15, 0.2) is 17.2 Å². The van der Waals surface area contributed by atoms with Gasteiger partial charge in [0.2, 0.25) is 11.1 Å².